The fraction of sp³-hybridized carbons (Fsp3) is 0.588. The van der Waals surface area contributed by atoms with Gasteiger partial charge in [-0.1, -0.05) is 44.5 Å². The summed E-state index contributed by atoms with van der Waals surface area (Å²) in [6.07, 6.45) is 3.55. The summed E-state index contributed by atoms with van der Waals surface area (Å²) in [5, 5.41) is 0.733. The molecular weight excluding hydrogens is 256 g/mol. The van der Waals surface area contributed by atoms with Crippen molar-refractivity contribution >= 4 is 17.4 Å². The topological polar surface area (TPSA) is 17.1 Å². The third kappa shape index (κ3) is 3.60. The molecule has 1 unspecified atom stereocenters. The van der Waals surface area contributed by atoms with Crippen LogP contribution in [0.25, 0.3) is 0 Å². The zero-order valence-electron chi connectivity index (χ0n) is 12.0. The van der Waals surface area contributed by atoms with E-state index in [0.29, 0.717) is 5.78 Å². The second-order valence-corrected chi connectivity index (χ2v) is 6.78. The lowest BCUT2D eigenvalue weighted by Crippen LogP contribution is -2.27. The number of hydrogen-bond donors (Lipinski definition) is 0. The summed E-state index contributed by atoms with van der Waals surface area (Å²) >= 11 is 5.94. The van der Waals surface area contributed by atoms with E-state index in [4.69, 9.17) is 11.6 Å². The van der Waals surface area contributed by atoms with Gasteiger partial charge in [0, 0.05) is 16.9 Å². The number of ketones is 1. The van der Waals surface area contributed by atoms with Crippen molar-refractivity contribution in [2.45, 2.75) is 46.0 Å². The molecule has 1 nitrogen and oxygen atoms in total. The molecule has 1 aromatic rings. The summed E-state index contributed by atoms with van der Waals surface area (Å²) in [6, 6.07) is 7.80. The van der Waals surface area contributed by atoms with Crippen LogP contribution in [0.2, 0.25) is 5.02 Å². The maximum atomic E-state index is 12.5. The summed E-state index contributed by atoms with van der Waals surface area (Å²) < 4.78 is 0. The van der Waals surface area contributed by atoms with Crippen LogP contribution >= 0.6 is 11.6 Å². The lowest BCUT2D eigenvalue weighted by molar-refractivity contribution is -0.124. The van der Waals surface area contributed by atoms with E-state index in [1.807, 2.05) is 38.1 Å². The Morgan fingerprint density at radius 2 is 1.84 bits per heavy atom. The molecule has 1 aliphatic rings. The average molecular weight is 279 g/mol. The van der Waals surface area contributed by atoms with Gasteiger partial charge in [-0.15, -0.1) is 0 Å². The molecule has 19 heavy (non-hydrogen) atoms. The maximum Gasteiger partial charge on any atom is 0.142 e. The highest BCUT2D eigenvalue weighted by Gasteiger charge is 2.32. The first-order chi connectivity index (χ1) is 8.97. The molecule has 0 amide bonds. The zero-order chi connectivity index (χ0) is 14.0. The van der Waals surface area contributed by atoms with Crippen molar-refractivity contribution in [2.75, 3.05) is 0 Å². The molecular formula is C17H23ClO. The molecule has 1 aliphatic carbocycles. The summed E-state index contributed by atoms with van der Waals surface area (Å²) in [6.45, 7) is 6.28. The van der Waals surface area contributed by atoms with Gasteiger partial charge in [-0.25, -0.2) is 0 Å². The highest BCUT2D eigenvalue weighted by Crippen LogP contribution is 2.40. The van der Waals surface area contributed by atoms with Gasteiger partial charge in [-0.05, 0) is 48.8 Å². The third-order valence-corrected chi connectivity index (χ3v) is 4.48. The number of carbonyl (C=O) groups excluding carboxylic acids is 1. The Morgan fingerprint density at radius 3 is 2.32 bits per heavy atom. The van der Waals surface area contributed by atoms with Gasteiger partial charge in [0.15, 0.2) is 0 Å². The van der Waals surface area contributed by atoms with Crippen LogP contribution in [0, 0.1) is 17.8 Å². The fourth-order valence-electron chi connectivity index (χ4n) is 3.11. The van der Waals surface area contributed by atoms with Gasteiger partial charge in [-0.3, -0.25) is 4.79 Å². The second kappa shape index (κ2) is 6.09. The molecule has 1 saturated carbocycles. The highest BCUT2D eigenvalue weighted by atomic mass is 35.5. The minimum Gasteiger partial charge on any atom is -0.299 e. The quantitative estimate of drug-likeness (QED) is 0.734. The largest absolute Gasteiger partial charge is 0.299 e. The Bertz CT molecular complexity index is 429. The summed E-state index contributed by atoms with van der Waals surface area (Å²) in [5.74, 6) is 2.07. The minimum atomic E-state index is 0.0507. The molecule has 2 rings (SSSR count). The first kappa shape index (κ1) is 14.6. The van der Waals surface area contributed by atoms with E-state index in [0.717, 1.165) is 28.8 Å². The number of rotatable bonds is 5. The maximum absolute atomic E-state index is 12.5. The fourth-order valence-corrected chi connectivity index (χ4v) is 3.23. The van der Waals surface area contributed by atoms with Gasteiger partial charge in [0.2, 0.25) is 0 Å². The first-order valence-electron chi connectivity index (χ1n) is 7.26. The molecule has 0 N–H and O–H groups in total. The van der Waals surface area contributed by atoms with Crippen LogP contribution in [0.1, 0.15) is 51.5 Å². The van der Waals surface area contributed by atoms with Gasteiger partial charge in [0.25, 0.3) is 0 Å². The minimum absolute atomic E-state index is 0.0507. The number of Topliss-reactive ketones (excluding diaryl/α,β-unsaturated/α-hetero) is 1. The smallest absolute Gasteiger partial charge is 0.142 e. The predicted molar refractivity (Wildman–Crippen MR) is 80.5 cm³/mol. The van der Waals surface area contributed by atoms with Gasteiger partial charge in [0.05, 0.1) is 0 Å². The van der Waals surface area contributed by atoms with Crippen LogP contribution in [-0.4, -0.2) is 5.78 Å². The van der Waals surface area contributed by atoms with Crippen LogP contribution in [-0.2, 0) is 4.79 Å². The Hall–Kier alpha value is -0.820. The summed E-state index contributed by atoms with van der Waals surface area (Å²) in [5.41, 5.74) is 1.13. The van der Waals surface area contributed by atoms with Crippen molar-refractivity contribution in [3.05, 3.63) is 34.9 Å². The second-order valence-electron chi connectivity index (χ2n) is 6.34. The van der Waals surface area contributed by atoms with E-state index < -0.39 is 0 Å². The lowest BCUT2D eigenvalue weighted by Gasteiger charge is -2.35. The first-order valence-corrected chi connectivity index (χ1v) is 7.64. The molecule has 0 aliphatic heterocycles. The van der Waals surface area contributed by atoms with E-state index in [9.17, 15) is 4.79 Å². The van der Waals surface area contributed by atoms with E-state index in [1.54, 1.807) is 0 Å². The van der Waals surface area contributed by atoms with Crippen molar-refractivity contribution < 1.29 is 4.79 Å². The predicted octanol–water partition coefficient (Wildman–Crippen LogP) is 5.08. The van der Waals surface area contributed by atoms with Crippen LogP contribution in [0.5, 0.6) is 0 Å². The lowest BCUT2D eigenvalue weighted by atomic mass is 9.69. The number of benzene rings is 1. The zero-order valence-corrected chi connectivity index (χ0v) is 12.8. The number of hydrogen-bond acceptors (Lipinski definition) is 1. The molecule has 104 valence electrons. The molecule has 0 bridgehead atoms. The average Bonchev–Trinajstić information content (AvgIpc) is 2.33. The van der Waals surface area contributed by atoms with Crippen LogP contribution in [0.15, 0.2) is 24.3 Å². The highest BCUT2D eigenvalue weighted by molar-refractivity contribution is 6.30. The number of carbonyl (C=O) groups is 1. The van der Waals surface area contributed by atoms with Gasteiger partial charge in [0.1, 0.15) is 5.78 Å². The molecule has 2 heteroatoms. The van der Waals surface area contributed by atoms with E-state index in [2.05, 4.69) is 6.92 Å². The Balaban J connectivity index is 2.13. The van der Waals surface area contributed by atoms with E-state index in [-0.39, 0.29) is 11.8 Å². The molecule has 0 saturated heterocycles. The van der Waals surface area contributed by atoms with E-state index in [1.165, 1.54) is 12.8 Å². The Morgan fingerprint density at radius 1 is 1.26 bits per heavy atom. The summed E-state index contributed by atoms with van der Waals surface area (Å²) in [7, 11) is 0. The van der Waals surface area contributed by atoms with Gasteiger partial charge in [-0.2, -0.15) is 0 Å². The van der Waals surface area contributed by atoms with Crippen molar-refractivity contribution in [1.82, 2.24) is 0 Å². The normalized spacial score (nSPS) is 24.1. The van der Waals surface area contributed by atoms with Crippen molar-refractivity contribution in [1.29, 1.82) is 0 Å². The Labute approximate surface area is 121 Å². The Kier molecular flexibility index (Phi) is 4.67. The number of halogens is 1. The monoisotopic (exact) mass is 278 g/mol. The third-order valence-electron chi connectivity index (χ3n) is 4.23. The van der Waals surface area contributed by atoms with Crippen molar-refractivity contribution in [3.63, 3.8) is 0 Å². The SMILES string of the molecule is CC1CC(CC(C(=O)C(C)C)c2ccc(Cl)cc2)C1. The van der Waals surface area contributed by atoms with Crippen LogP contribution < -0.4 is 0 Å². The molecule has 0 aromatic heterocycles. The standard InChI is InChI=1S/C17H23ClO/c1-11(2)17(19)16(10-13-8-12(3)9-13)14-4-6-15(18)7-5-14/h4-7,11-13,16H,8-10H2,1-3H3. The van der Waals surface area contributed by atoms with Crippen molar-refractivity contribution in [2.24, 2.45) is 17.8 Å². The molecule has 1 aromatic carbocycles. The van der Waals surface area contributed by atoms with Gasteiger partial charge >= 0.3 is 0 Å². The molecule has 1 atom stereocenters. The van der Waals surface area contributed by atoms with Crippen molar-refractivity contribution in [3.8, 4) is 0 Å². The summed E-state index contributed by atoms with van der Waals surface area (Å²) in [4.78, 5) is 12.5. The molecule has 1 fully saturated rings. The molecule has 0 radical (unpaired) electrons. The van der Waals surface area contributed by atoms with Gasteiger partial charge < -0.3 is 0 Å². The van der Waals surface area contributed by atoms with E-state index >= 15 is 0 Å². The van der Waals surface area contributed by atoms with Crippen LogP contribution in [0.4, 0.5) is 0 Å². The molecule has 0 heterocycles. The van der Waals surface area contributed by atoms with Crippen LogP contribution in [0.3, 0.4) is 0 Å². The molecule has 0 spiro atoms.